The topological polar surface area (TPSA) is 41.1 Å². The molecule has 0 aliphatic carbocycles. The number of hydrogen-bond donors (Lipinski definition) is 2. The Morgan fingerprint density at radius 3 is 2.22 bits per heavy atom. The summed E-state index contributed by atoms with van der Waals surface area (Å²) in [6.45, 7) is 12.5. The molecule has 0 saturated heterocycles. The van der Waals surface area contributed by atoms with Gasteiger partial charge in [-0.1, -0.05) is 45.0 Å². The van der Waals surface area contributed by atoms with Crippen LogP contribution in [0.5, 0.6) is 0 Å². The Labute approximate surface area is 146 Å². The maximum absolute atomic E-state index is 12.4. The zero-order chi connectivity index (χ0) is 17.6. The number of rotatable bonds is 6. The van der Waals surface area contributed by atoms with Crippen LogP contribution in [0.25, 0.3) is 0 Å². The van der Waals surface area contributed by atoms with Gasteiger partial charge in [-0.2, -0.15) is 0 Å². The van der Waals surface area contributed by atoms with Gasteiger partial charge < -0.3 is 10.6 Å². The summed E-state index contributed by atoms with van der Waals surface area (Å²) in [4.78, 5) is 12.4. The molecule has 4 heteroatoms. The van der Waals surface area contributed by atoms with Gasteiger partial charge in [-0.05, 0) is 62.9 Å². The first-order valence-electron chi connectivity index (χ1n) is 8.36. The molecule has 0 radical (unpaired) electrons. The third-order valence-electron chi connectivity index (χ3n) is 4.09. The fraction of sp³-hybridized carbons (Fsp3) is 0.579. The lowest BCUT2D eigenvalue weighted by molar-refractivity contribution is -0.120. The number of carbonyl (C=O) groups is 1. The van der Waals surface area contributed by atoms with E-state index >= 15 is 0 Å². The summed E-state index contributed by atoms with van der Waals surface area (Å²) in [6.07, 6.45) is 1.98. The number of amides is 1. The number of hydrogen-bond acceptors (Lipinski definition) is 2. The monoisotopic (exact) mass is 334 g/mol. The summed E-state index contributed by atoms with van der Waals surface area (Å²) < 4.78 is 0. The minimum absolute atomic E-state index is 0.0778. The number of benzene rings is 1. The van der Waals surface area contributed by atoms with Gasteiger partial charge in [0.15, 0.2) is 5.11 Å². The minimum Gasteiger partial charge on any atom is -0.358 e. The minimum atomic E-state index is -0.229. The van der Waals surface area contributed by atoms with Crippen molar-refractivity contribution >= 4 is 23.2 Å². The van der Waals surface area contributed by atoms with Crippen LogP contribution in [0, 0.1) is 5.92 Å². The number of nitrogens with one attached hydrogen (secondary N) is 2. The van der Waals surface area contributed by atoms with Crippen LogP contribution in [0.2, 0.25) is 0 Å². The van der Waals surface area contributed by atoms with Crippen LogP contribution in [0.15, 0.2) is 24.3 Å². The lowest BCUT2D eigenvalue weighted by atomic mass is 9.96. The summed E-state index contributed by atoms with van der Waals surface area (Å²) in [7, 11) is 0. The third kappa shape index (κ3) is 6.69. The van der Waals surface area contributed by atoms with Gasteiger partial charge in [0.05, 0.1) is 5.92 Å². The third-order valence-corrected chi connectivity index (χ3v) is 4.29. The molecule has 1 atom stereocenters. The largest absolute Gasteiger partial charge is 0.358 e. The molecule has 0 aliphatic heterocycles. The molecule has 1 amide bonds. The van der Waals surface area contributed by atoms with Gasteiger partial charge in [0.1, 0.15) is 0 Å². The molecule has 0 fully saturated rings. The Bertz CT molecular complexity index is 535. The SMILES string of the molecule is CCC(C)(C)NC(=S)NC(=O)C(C)c1ccc(CC(C)C)cc1. The van der Waals surface area contributed by atoms with Crippen molar-refractivity contribution in [2.75, 3.05) is 0 Å². The first-order valence-corrected chi connectivity index (χ1v) is 8.77. The van der Waals surface area contributed by atoms with E-state index in [0.717, 1.165) is 18.4 Å². The number of carbonyl (C=O) groups excluding carboxylic acids is 1. The Morgan fingerprint density at radius 2 is 1.74 bits per heavy atom. The van der Waals surface area contributed by atoms with Crippen LogP contribution >= 0.6 is 12.2 Å². The standard InChI is InChI=1S/C19H30N2OS/c1-7-19(5,6)21-18(23)20-17(22)14(4)16-10-8-15(9-11-16)12-13(2)3/h8-11,13-14H,7,12H2,1-6H3,(H2,20,21,22,23). The van der Waals surface area contributed by atoms with Crippen molar-refractivity contribution in [1.29, 1.82) is 0 Å². The lowest BCUT2D eigenvalue weighted by Gasteiger charge is -2.26. The fourth-order valence-corrected chi connectivity index (χ4v) is 2.59. The summed E-state index contributed by atoms with van der Waals surface area (Å²) in [5, 5.41) is 6.36. The van der Waals surface area contributed by atoms with E-state index < -0.39 is 0 Å². The molecular formula is C19H30N2OS. The highest BCUT2D eigenvalue weighted by atomic mass is 32.1. The van der Waals surface area contributed by atoms with E-state index in [1.54, 1.807) is 0 Å². The second-order valence-electron chi connectivity index (χ2n) is 7.24. The van der Waals surface area contributed by atoms with Crippen LogP contribution in [-0.4, -0.2) is 16.6 Å². The Kier molecular flexibility index (Phi) is 7.20. The van der Waals surface area contributed by atoms with Gasteiger partial charge in [0.2, 0.25) is 5.91 Å². The molecule has 1 aromatic carbocycles. The van der Waals surface area contributed by atoms with Gasteiger partial charge in [0.25, 0.3) is 0 Å². The molecule has 1 rings (SSSR count). The van der Waals surface area contributed by atoms with Crippen molar-refractivity contribution in [3.63, 3.8) is 0 Å². The highest BCUT2D eigenvalue weighted by Gasteiger charge is 2.20. The smallest absolute Gasteiger partial charge is 0.233 e. The van der Waals surface area contributed by atoms with Gasteiger partial charge >= 0.3 is 0 Å². The fourth-order valence-electron chi connectivity index (χ4n) is 2.21. The Morgan fingerprint density at radius 1 is 1.17 bits per heavy atom. The van der Waals surface area contributed by atoms with Gasteiger partial charge in [-0.15, -0.1) is 0 Å². The number of thiocarbonyl (C=S) groups is 1. The van der Waals surface area contributed by atoms with Crippen molar-refractivity contribution in [3.8, 4) is 0 Å². The van der Waals surface area contributed by atoms with Gasteiger partial charge in [0, 0.05) is 5.54 Å². The summed E-state index contributed by atoms with van der Waals surface area (Å²) in [6, 6.07) is 8.29. The van der Waals surface area contributed by atoms with E-state index in [1.807, 2.05) is 19.1 Å². The predicted octanol–water partition coefficient (Wildman–Crippen LogP) is 4.17. The molecule has 128 valence electrons. The second-order valence-corrected chi connectivity index (χ2v) is 7.65. The van der Waals surface area contributed by atoms with Crippen molar-refractivity contribution in [2.45, 2.75) is 65.8 Å². The summed E-state index contributed by atoms with van der Waals surface area (Å²) in [5.74, 6) is 0.325. The quantitative estimate of drug-likeness (QED) is 0.767. The molecule has 0 heterocycles. The van der Waals surface area contributed by atoms with Crippen LogP contribution < -0.4 is 10.6 Å². The summed E-state index contributed by atoms with van der Waals surface area (Å²) in [5.41, 5.74) is 2.19. The Hall–Kier alpha value is -1.42. The molecule has 0 spiro atoms. The van der Waals surface area contributed by atoms with Crippen LogP contribution in [0.3, 0.4) is 0 Å². The molecule has 0 aromatic heterocycles. The van der Waals surface area contributed by atoms with Crippen LogP contribution in [0.4, 0.5) is 0 Å². The van der Waals surface area contributed by atoms with Crippen LogP contribution in [0.1, 0.15) is 65.0 Å². The molecule has 0 saturated carbocycles. The average molecular weight is 335 g/mol. The van der Waals surface area contributed by atoms with E-state index in [-0.39, 0.29) is 17.4 Å². The summed E-state index contributed by atoms with van der Waals surface area (Å²) >= 11 is 5.24. The van der Waals surface area contributed by atoms with Crippen LogP contribution in [-0.2, 0) is 11.2 Å². The highest BCUT2D eigenvalue weighted by molar-refractivity contribution is 7.80. The van der Waals surface area contributed by atoms with Crippen molar-refractivity contribution in [2.24, 2.45) is 5.92 Å². The van der Waals surface area contributed by atoms with E-state index in [1.165, 1.54) is 5.56 Å². The second kappa shape index (κ2) is 8.44. The first kappa shape index (κ1) is 19.6. The molecule has 2 N–H and O–H groups in total. The normalized spacial score (nSPS) is 12.8. The zero-order valence-electron chi connectivity index (χ0n) is 15.2. The molecule has 23 heavy (non-hydrogen) atoms. The molecule has 0 bridgehead atoms. The zero-order valence-corrected chi connectivity index (χ0v) is 16.0. The maximum Gasteiger partial charge on any atom is 0.233 e. The molecule has 1 aromatic rings. The molecule has 0 aliphatic rings. The Balaban J connectivity index is 2.64. The van der Waals surface area contributed by atoms with Crippen molar-refractivity contribution < 1.29 is 4.79 Å². The van der Waals surface area contributed by atoms with E-state index in [4.69, 9.17) is 12.2 Å². The van der Waals surface area contributed by atoms with Crippen molar-refractivity contribution in [1.82, 2.24) is 10.6 Å². The molecule has 3 nitrogen and oxygen atoms in total. The average Bonchev–Trinajstić information content (AvgIpc) is 2.46. The maximum atomic E-state index is 12.4. The highest BCUT2D eigenvalue weighted by Crippen LogP contribution is 2.18. The van der Waals surface area contributed by atoms with E-state index in [9.17, 15) is 4.79 Å². The molecule has 1 unspecified atom stereocenters. The van der Waals surface area contributed by atoms with Gasteiger partial charge in [-0.25, -0.2) is 0 Å². The molecular weight excluding hydrogens is 304 g/mol. The first-order chi connectivity index (χ1) is 10.6. The van der Waals surface area contributed by atoms with E-state index in [0.29, 0.717) is 11.0 Å². The van der Waals surface area contributed by atoms with Gasteiger partial charge in [-0.3, -0.25) is 4.79 Å². The van der Waals surface area contributed by atoms with E-state index in [2.05, 4.69) is 57.4 Å². The van der Waals surface area contributed by atoms with Crippen molar-refractivity contribution in [3.05, 3.63) is 35.4 Å². The lowest BCUT2D eigenvalue weighted by Crippen LogP contribution is -2.50. The predicted molar refractivity (Wildman–Crippen MR) is 102 cm³/mol.